The van der Waals surface area contributed by atoms with Crippen LogP contribution in [0.25, 0.3) is 0 Å². The number of nitrogens with two attached hydrogens (primary N) is 1. The normalized spacial score (nSPS) is 23.7. The van der Waals surface area contributed by atoms with Crippen molar-refractivity contribution in [1.29, 1.82) is 0 Å². The number of hydrogen-bond acceptors (Lipinski definition) is 3. The molecule has 0 aromatic heterocycles. The Labute approximate surface area is 117 Å². The van der Waals surface area contributed by atoms with Crippen molar-refractivity contribution >= 4 is 0 Å². The van der Waals surface area contributed by atoms with E-state index >= 15 is 0 Å². The van der Waals surface area contributed by atoms with Crippen LogP contribution in [0.2, 0.25) is 0 Å². The summed E-state index contributed by atoms with van der Waals surface area (Å²) in [6, 6.07) is 11.6. The lowest BCUT2D eigenvalue weighted by Crippen LogP contribution is -2.46. The molecule has 106 valence electrons. The van der Waals surface area contributed by atoms with Gasteiger partial charge in [-0.05, 0) is 46.0 Å². The maximum atomic E-state index is 6.46. The van der Waals surface area contributed by atoms with E-state index in [2.05, 4.69) is 55.1 Å². The molecule has 3 heteroatoms. The van der Waals surface area contributed by atoms with Gasteiger partial charge in [0.1, 0.15) is 0 Å². The lowest BCUT2D eigenvalue weighted by atomic mass is 9.99. The molecule has 3 unspecified atom stereocenters. The Hall–Kier alpha value is -0.900. The summed E-state index contributed by atoms with van der Waals surface area (Å²) in [5.41, 5.74) is 7.70. The fourth-order valence-corrected chi connectivity index (χ4v) is 3.17. The predicted molar refractivity (Wildman–Crippen MR) is 81.1 cm³/mol. The lowest BCUT2D eigenvalue weighted by molar-refractivity contribution is 0.144. The van der Waals surface area contributed by atoms with Crippen LogP contribution < -0.4 is 5.73 Å². The molecule has 1 heterocycles. The Morgan fingerprint density at radius 2 is 2.00 bits per heavy atom. The van der Waals surface area contributed by atoms with Crippen molar-refractivity contribution in [3.8, 4) is 0 Å². The molecule has 1 aliphatic heterocycles. The van der Waals surface area contributed by atoms with Crippen molar-refractivity contribution in [2.75, 3.05) is 27.2 Å². The van der Waals surface area contributed by atoms with Crippen LogP contribution in [0.5, 0.6) is 0 Å². The predicted octanol–water partition coefficient (Wildman–Crippen LogP) is 2.10. The van der Waals surface area contributed by atoms with Crippen LogP contribution in [0.3, 0.4) is 0 Å². The quantitative estimate of drug-likeness (QED) is 0.881. The molecule has 0 saturated carbocycles. The molecule has 2 rings (SSSR count). The van der Waals surface area contributed by atoms with Gasteiger partial charge in [-0.25, -0.2) is 0 Å². The van der Waals surface area contributed by atoms with Crippen LogP contribution in [0.4, 0.5) is 0 Å². The van der Waals surface area contributed by atoms with Gasteiger partial charge in [-0.2, -0.15) is 0 Å². The third-order valence-electron chi connectivity index (χ3n) is 4.23. The fraction of sp³-hybridized carbons (Fsp3) is 0.625. The average Bonchev–Trinajstić information content (AvgIpc) is 2.85. The monoisotopic (exact) mass is 261 g/mol. The molecule has 0 radical (unpaired) electrons. The molecular weight excluding hydrogens is 234 g/mol. The first kappa shape index (κ1) is 14.5. The van der Waals surface area contributed by atoms with Gasteiger partial charge < -0.3 is 10.6 Å². The molecule has 3 nitrogen and oxygen atoms in total. The van der Waals surface area contributed by atoms with E-state index in [9.17, 15) is 0 Å². The molecule has 2 N–H and O–H groups in total. The number of likely N-dealkylation sites (N-methyl/N-ethyl adjacent to an activating group) is 1. The summed E-state index contributed by atoms with van der Waals surface area (Å²) in [6.07, 6.45) is 2.59. The van der Waals surface area contributed by atoms with Gasteiger partial charge in [-0.15, -0.1) is 0 Å². The average molecular weight is 261 g/mol. The maximum absolute atomic E-state index is 6.46. The Kier molecular flexibility index (Phi) is 4.97. The van der Waals surface area contributed by atoms with Crippen LogP contribution in [0.1, 0.15) is 31.4 Å². The number of likely N-dealkylation sites (tertiary alicyclic amines) is 1. The van der Waals surface area contributed by atoms with Gasteiger partial charge in [0.15, 0.2) is 0 Å². The lowest BCUT2D eigenvalue weighted by Gasteiger charge is -2.35. The standard InChI is InChI=1S/C16H27N3/c1-13(16(17)14-8-5-4-6-9-14)19-11-7-10-15(19)12-18(2)3/h4-6,8-9,13,15-16H,7,10-12,17H2,1-3H3. The summed E-state index contributed by atoms with van der Waals surface area (Å²) >= 11 is 0. The third kappa shape index (κ3) is 3.56. The molecule has 0 aliphatic carbocycles. The summed E-state index contributed by atoms with van der Waals surface area (Å²) in [5.74, 6) is 0. The first-order valence-electron chi connectivity index (χ1n) is 7.30. The van der Waals surface area contributed by atoms with E-state index < -0.39 is 0 Å². The van der Waals surface area contributed by atoms with Crippen LogP contribution in [-0.4, -0.2) is 49.1 Å². The van der Waals surface area contributed by atoms with Gasteiger partial charge in [0.25, 0.3) is 0 Å². The summed E-state index contributed by atoms with van der Waals surface area (Å²) < 4.78 is 0. The Morgan fingerprint density at radius 3 is 2.63 bits per heavy atom. The minimum atomic E-state index is 0.101. The second kappa shape index (κ2) is 6.51. The van der Waals surface area contributed by atoms with E-state index in [4.69, 9.17) is 5.73 Å². The van der Waals surface area contributed by atoms with Gasteiger partial charge in [0, 0.05) is 24.7 Å². The maximum Gasteiger partial charge on any atom is 0.0450 e. The van der Waals surface area contributed by atoms with E-state index in [1.165, 1.54) is 24.9 Å². The number of benzene rings is 1. The minimum Gasteiger partial charge on any atom is -0.323 e. The Morgan fingerprint density at radius 1 is 1.32 bits per heavy atom. The van der Waals surface area contributed by atoms with Gasteiger partial charge >= 0.3 is 0 Å². The third-order valence-corrected chi connectivity index (χ3v) is 4.23. The van der Waals surface area contributed by atoms with Gasteiger partial charge in [-0.3, -0.25) is 4.90 Å². The van der Waals surface area contributed by atoms with Crippen LogP contribution >= 0.6 is 0 Å². The largest absolute Gasteiger partial charge is 0.323 e. The van der Waals surface area contributed by atoms with Crippen LogP contribution in [-0.2, 0) is 0 Å². The highest BCUT2D eigenvalue weighted by molar-refractivity contribution is 5.20. The molecule has 0 bridgehead atoms. The van der Waals surface area contributed by atoms with Crippen molar-refractivity contribution in [3.05, 3.63) is 35.9 Å². The molecule has 3 atom stereocenters. The molecule has 0 amide bonds. The molecule has 1 aromatic carbocycles. The number of nitrogens with zero attached hydrogens (tertiary/aromatic N) is 2. The summed E-state index contributed by atoms with van der Waals surface area (Å²) in [6.45, 7) is 4.58. The summed E-state index contributed by atoms with van der Waals surface area (Å²) in [7, 11) is 4.30. The summed E-state index contributed by atoms with van der Waals surface area (Å²) in [4.78, 5) is 4.88. The smallest absolute Gasteiger partial charge is 0.0450 e. The van der Waals surface area contributed by atoms with E-state index in [0.717, 1.165) is 6.54 Å². The zero-order valence-electron chi connectivity index (χ0n) is 12.4. The van der Waals surface area contributed by atoms with E-state index in [1.807, 2.05) is 6.07 Å². The zero-order valence-corrected chi connectivity index (χ0v) is 12.4. The Balaban J connectivity index is 2.04. The highest BCUT2D eigenvalue weighted by atomic mass is 15.2. The minimum absolute atomic E-state index is 0.101. The second-order valence-corrected chi connectivity index (χ2v) is 5.97. The zero-order chi connectivity index (χ0) is 13.8. The van der Waals surface area contributed by atoms with Crippen molar-refractivity contribution in [2.24, 2.45) is 5.73 Å². The first-order chi connectivity index (χ1) is 9.09. The highest BCUT2D eigenvalue weighted by Gasteiger charge is 2.31. The number of rotatable bonds is 5. The van der Waals surface area contributed by atoms with E-state index in [0.29, 0.717) is 12.1 Å². The van der Waals surface area contributed by atoms with Crippen molar-refractivity contribution in [1.82, 2.24) is 9.80 Å². The highest BCUT2D eigenvalue weighted by Crippen LogP contribution is 2.26. The molecular formula is C16H27N3. The van der Waals surface area contributed by atoms with Crippen LogP contribution in [0.15, 0.2) is 30.3 Å². The molecule has 0 spiro atoms. The fourth-order valence-electron chi connectivity index (χ4n) is 3.17. The van der Waals surface area contributed by atoms with Gasteiger partial charge in [-0.1, -0.05) is 30.3 Å². The van der Waals surface area contributed by atoms with Crippen molar-refractivity contribution in [3.63, 3.8) is 0 Å². The second-order valence-electron chi connectivity index (χ2n) is 5.97. The SMILES string of the molecule is CC(C(N)c1ccccc1)N1CCCC1CN(C)C. The summed E-state index contributed by atoms with van der Waals surface area (Å²) in [5, 5.41) is 0. The van der Waals surface area contributed by atoms with Gasteiger partial charge in [0.05, 0.1) is 0 Å². The van der Waals surface area contributed by atoms with Crippen molar-refractivity contribution < 1.29 is 0 Å². The first-order valence-corrected chi connectivity index (χ1v) is 7.30. The van der Waals surface area contributed by atoms with Gasteiger partial charge in [0.2, 0.25) is 0 Å². The topological polar surface area (TPSA) is 32.5 Å². The van der Waals surface area contributed by atoms with Crippen LogP contribution in [0, 0.1) is 0 Å². The molecule has 1 saturated heterocycles. The molecule has 19 heavy (non-hydrogen) atoms. The Bertz CT molecular complexity index is 377. The van der Waals surface area contributed by atoms with E-state index in [1.54, 1.807) is 0 Å². The molecule has 1 aromatic rings. The molecule has 1 fully saturated rings. The van der Waals surface area contributed by atoms with Crippen molar-refractivity contribution in [2.45, 2.75) is 37.9 Å². The molecule has 1 aliphatic rings. The number of hydrogen-bond donors (Lipinski definition) is 1. The van der Waals surface area contributed by atoms with E-state index in [-0.39, 0.29) is 6.04 Å².